The SMILES string of the molecule is COc1cc2c(cc1OC)C(C)N(C(=O)C1Cc3ccccc3CN1Cc1ccccc1)CC2. The number of nitrogens with zero attached hydrogens (tertiary/aromatic N) is 2. The third-order valence-electron chi connectivity index (χ3n) is 7.33. The second-order valence-corrected chi connectivity index (χ2v) is 9.24. The van der Waals surface area contributed by atoms with Gasteiger partial charge in [-0.3, -0.25) is 9.69 Å². The van der Waals surface area contributed by atoms with Crippen LogP contribution in [0.25, 0.3) is 0 Å². The lowest BCUT2D eigenvalue weighted by Crippen LogP contribution is -2.53. The Balaban J connectivity index is 1.45. The summed E-state index contributed by atoms with van der Waals surface area (Å²) in [5.74, 6) is 1.66. The maximum atomic E-state index is 14.1. The van der Waals surface area contributed by atoms with Crippen LogP contribution in [0.5, 0.6) is 11.5 Å². The van der Waals surface area contributed by atoms with Crippen molar-refractivity contribution < 1.29 is 14.3 Å². The number of carbonyl (C=O) groups excluding carboxylic acids is 1. The molecule has 0 saturated carbocycles. The Labute approximate surface area is 201 Å². The zero-order valence-electron chi connectivity index (χ0n) is 20.2. The van der Waals surface area contributed by atoms with Crippen LogP contribution in [0.3, 0.4) is 0 Å². The maximum Gasteiger partial charge on any atom is 0.240 e. The van der Waals surface area contributed by atoms with Crippen LogP contribution in [0.15, 0.2) is 66.7 Å². The Kier molecular flexibility index (Phi) is 6.29. The summed E-state index contributed by atoms with van der Waals surface area (Å²) in [6.45, 7) is 4.38. The summed E-state index contributed by atoms with van der Waals surface area (Å²) in [6.07, 6.45) is 1.55. The Morgan fingerprint density at radius 1 is 0.912 bits per heavy atom. The Hall–Kier alpha value is -3.31. The van der Waals surface area contributed by atoms with Gasteiger partial charge in [0.15, 0.2) is 11.5 Å². The fourth-order valence-electron chi connectivity index (χ4n) is 5.44. The minimum atomic E-state index is -0.181. The van der Waals surface area contributed by atoms with Crippen LogP contribution < -0.4 is 9.47 Å². The van der Waals surface area contributed by atoms with Gasteiger partial charge in [0.25, 0.3) is 0 Å². The quantitative estimate of drug-likeness (QED) is 0.554. The van der Waals surface area contributed by atoms with Crippen molar-refractivity contribution in [1.29, 1.82) is 0 Å². The van der Waals surface area contributed by atoms with E-state index in [4.69, 9.17) is 9.47 Å². The molecule has 1 amide bonds. The molecule has 0 bridgehead atoms. The molecule has 34 heavy (non-hydrogen) atoms. The van der Waals surface area contributed by atoms with Crippen LogP contribution in [-0.2, 0) is 30.7 Å². The Morgan fingerprint density at radius 3 is 2.32 bits per heavy atom. The Bertz CT molecular complexity index is 1180. The van der Waals surface area contributed by atoms with Gasteiger partial charge < -0.3 is 14.4 Å². The molecule has 0 saturated heterocycles. The maximum absolute atomic E-state index is 14.1. The van der Waals surface area contributed by atoms with Gasteiger partial charge in [0.2, 0.25) is 5.91 Å². The van der Waals surface area contributed by atoms with Gasteiger partial charge in [-0.1, -0.05) is 54.6 Å². The van der Waals surface area contributed by atoms with Crippen molar-refractivity contribution in [2.24, 2.45) is 0 Å². The molecule has 176 valence electrons. The molecule has 3 aromatic carbocycles. The van der Waals surface area contributed by atoms with Gasteiger partial charge >= 0.3 is 0 Å². The van der Waals surface area contributed by atoms with Gasteiger partial charge in [-0.25, -0.2) is 0 Å². The number of benzene rings is 3. The topological polar surface area (TPSA) is 42.0 Å². The molecule has 0 radical (unpaired) electrons. The van der Waals surface area contributed by atoms with Crippen molar-refractivity contribution in [1.82, 2.24) is 9.80 Å². The number of hydrogen-bond acceptors (Lipinski definition) is 4. The van der Waals surface area contributed by atoms with E-state index >= 15 is 0 Å². The third kappa shape index (κ3) is 4.16. The third-order valence-corrected chi connectivity index (χ3v) is 7.33. The molecule has 2 atom stereocenters. The number of ether oxygens (including phenoxy) is 2. The normalized spacial score (nSPS) is 19.8. The number of rotatable bonds is 5. The molecule has 2 aliphatic rings. The van der Waals surface area contributed by atoms with E-state index in [2.05, 4.69) is 71.3 Å². The highest BCUT2D eigenvalue weighted by Gasteiger charge is 2.38. The van der Waals surface area contributed by atoms with Crippen molar-refractivity contribution in [3.63, 3.8) is 0 Å². The van der Waals surface area contributed by atoms with Crippen LogP contribution >= 0.6 is 0 Å². The summed E-state index contributed by atoms with van der Waals surface area (Å²) in [6, 6.07) is 22.9. The summed E-state index contributed by atoms with van der Waals surface area (Å²) in [4.78, 5) is 18.5. The first-order valence-electron chi connectivity index (χ1n) is 12.0. The van der Waals surface area contributed by atoms with E-state index < -0.39 is 0 Å². The monoisotopic (exact) mass is 456 g/mol. The van der Waals surface area contributed by atoms with E-state index in [1.54, 1.807) is 14.2 Å². The van der Waals surface area contributed by atoms with Crippen molar-refractivity contribution in [3.8, 4) is 11.5 Å². The fraction of sp³-hybridized carbons (Fsp3) is 0.345. The van der Waals surface area contributed by atoms with Crippen molar-refractivity contribution in [3.05, 3.63) is 94.5 Å². The van der Waals surface area contributed by atoms with E-state index in [0.29, 0.717) is 12.3 Å². The first-order valence-corrected chi connectivity index (χ1v) is 12.0. The van der Waals surface area contributed by atoms with Crippen LogP contribution in [0.1, 0.15) is 40.8 Å². The first-order chi connectivity index (χ1) is 16.6. The van der Waals surface area contributed by atoms with Crippen LogP contribution in [-0.4, -0.2) is 42.5 Å². The molecular formula is C29H32N2O3. The molecule has 5 heteroatoms. The molecule has 2 aliphatic heterocycles. The molecule has 0 aromatic heterocycles. The number of hydrogen-bond donors (Lipinski definition) is 0. The van der Waals surface area contributed by atoms with Crippen LogP contribution in [0, 0.1) is 0 Å². The molecule has 2 heterocycles. The molecule has 0 spiro atoms. The zero-order valence-corrected chi connectivity index (χ0v) is 20.2. The summed E-state index contributed by atoms with van der Waals surface area (Å²) >= 11 is 0. The largest absolute Gasteiger partial charge is 0.493 e. The van der Waals surface area contributed by atoms with Gasteiger partial charge in [-0.15, -0.1) is 0 Å². The zero-order chi connectivity index (χ0) is 23.7. The van der Waals surface area contributed by atoms with E-state index in [1.165, 1.54) is 22.3 Å². The van der Waals surface area contributed by atoms with E-state index in [-0.39, 0.29) is 18.0 Å². The van der Waals surface area contributed by atoms with Crippen molar-refractivity contribution >= 4 is 5.91 Å². The standard InChI is InChI=1S/C29H32N2O3/c1-20-25-17-28(34-3)27(33-2)16-23(25)13-14-31(20)29(32)26-15-22-11-7-8-12-24(22)19-30(26)18-21-9-5-4-6-10-21/h4-12,16-17,20,26H,13-15,18-19H2,1-3H3. The van der Waals surface area contributed by atoms with Crippen molar-refractivity contribution in [2.45, 2.75) is 44.9 Å². The predicted molar refractivity (Wildman–Crippen MR) is 133 cm³/mol. The van der Waals surface area contributed by atoms with Gasteiger partial charge in [-0.2, -0.15) is 0 Å². The minimum absolute atomic E-state index is 0.0215. The Morgan fingerprint density at radius 2 is 1.59 bits per heavy atom. The average molecular weight is 457 g/mol. The number of carbonyl (C=O) groups is 1. The lowest BCUT2D eigenvalue weighted by atomic mass is 9.89. The second kappa shape index (κ2) is 9.51. The van der Waals surface area contributed by atoms with E-state index in [9.17, 15) is 4.79 Å². The molecule has 0 N–H and O–H groups in total. The minimum Gasteiger partial charge on any atom is -0.493 e. The van der Waals surface area contributed by atoms with Gasteiger partial charge in [0.05, 0.1) is 26.3 Å². The number of methoxy groups -OCH3 is 2. The van der Waals surface area contributed by atoms with Crippen molar-refractivity contribution in [2.75, 3.05) is 20.8 Å². The lowest BCUT2D eigenvalue weighted by Gasteiger charge is -2.42. The first kappa shape index (κ1) is 22.5. The molecular weight excluding hydrogens is 424 g/mol. The molecule has 5 rings (SSSR count). The molecule has 0 aliphatic carbocycles. The molecule has 2 unspecified atom stereocenters. The lowest BCUT2D eigenvalue weighted by molar-refractivity contribution is -0.140. The van der Waals surface area contributed by atoms with E-state index in [1.807, 2.05) is 12.1 Å². The number of amides is 1. The smallest absolute Gasteiger partial charge is 0.240 e. The van der Waals surface area contributed by atoms with Gasteiger partial charge in [0.1, 0.15) is 0 Å². The summed E-state index contributed by atoms with van der Waals surface area (Å²) in [5.41, 5.74) is 6.19. The highest BCUT2D eigenvalue weighted by molar-refractivity contribution is 5.83. The highest BCUT2D eigenvalue weighted by Crippen LogP contribution is 2.39. The molecule has 5 nitrogen and oxygen atoms in total. The summed E-state index contributed by atoms with van der Waals surface area (Å²) in [5, 5.41) is 0. The summed E-state index contributed by atoms with van der Waals surface area (Å²) < 4.78 is 11.0. The van der Waals surface area contributed by atoms with Gasteiger partial charge in [-0.05, 0) is 59.7 Å². The average Bonchev–Trinajstić information content (AvgIpc) is 2.88. The number of fused-ring (bicyclic) bond motifs is 2. The predicted octanol–water partition coefficient (Wildman–Crippen LogP) is 4.78. The highest BCUT2D eigenvalue weighted by atomic mass is 16.5. The van der Waals surface area contributed by atoms with Crippen LogP contribution in [0.4, 0.5) is 0 Å². The fourth-order valence-corrected chi connectivity index (χ4v) is 5.44. The summed E-state index contributed by atoms with van der Waals surface area (Å²) in [7, 11) is 3.32. The van der Waals surface area contributed by atoms with Crippen LogP contribution in [0.2, 0.25) is 0 Å². The molecule has 3 aromatic rings. The second-order valence-electron chi connectivity index (χ2n) is 9.24. The van der Waals surface area contributed by atoms with Gasteiger partial charge in [0, 0.05) is 19.6 Å². The van der Waals surface area contributed by atoms with E-state index in [0.717, 1.165) is 37.2 Å². The molecule has 0 fully saturated rings.